The number of ketones is 1. The summed E-state index contributed by atoms with van der Waals surface area (Å²) in [6.45, 7) is 14.6. The van der Waals surface area contributed by atoms with Crippen LogP contribution in [0.15, 0.2) is 72.5 Å². The molecule has 0 bridgehead atoms. The maximum absolute atomic E-state index is 13.6. The Morgan fingerprint density at radius 1 is 0.972 bits per heavy atom. The van der Waals surface area contributed by atoms with E-state index in [1.165, 1.54) is 56.1 Å². The third-order valence-corrected chi connectivity index (χ3v) is 6.77. The van der Waals surface area contributed by atoms with Crippen molar-refractivity contribution >= 4 is 17.4 Å². The van der Waals surface area contributed by atoms with Crippen molar-refractivity contribution in [2.45, 2.75) is 93.4 Å². The second kappa shape index (κ2) is 16.7. The first-order valence-electron chi connectivity index (χ1n) is 13.4. The van der Waals surface area contributed by atoms with Crippen LogP contribution in [0, 0.1) is 12.8 Å². The topological polar surface area (TPSA) is 17.1 Å². The third-order valence-electron chi connectivity index (χ3n) is 6.77. The highest BCUT2D eigenvalue weighted by molar-refractivity contribution is 6.11. The number of allylic oxidation sites excluding steroid dienone is 3. The highest BCUT2D eigenvalue weighted by atomic mass is 16.1. The molecule has 1 heteroatoms. The summed E-state index contributed by atoms with van der Waals surface area (Å²) in [5.74, 6) is 0.712. The van der Waals surface area contributed by atoms with Gasteiger partial charge in [-0.15, -0.1) is 5.73 Å². The quantitative estimate of drug-likeness (QED) is 0.0856. The van der Waals surface area contributed by atoms with Gasteiger partial charge < -0.3 is 0 Å². The minimum atomic E-state index is 0. The lowest BCUT2D eigenvalue weighted by Crippen LogP contribution is -2.10. The molecule has 2 aromatic carbocycles. The van der Waals surface area contributed by atoms with Gasteiger partial charge >= 0.3 is 0 Å². The summed E-state index contributed by atoms with van der Waals surface area (Å²) in [6, 6.07) is 14.4. The van der Waals surface area contributed by atoms with E-state index in [2.05, 4.69) is 51.3 Å². The van der Waals surface area contributed by atoms with Crippen LogP contribution in [0.25, 0.3) is 11.6 Å². The Morgan fingerprint density at radius 3 is 2.33 bits per heavy atom. The first-order chi connectivity index (χ1) is 17.0. The molecule has 36 heavy (non-hydrogen) atoms. The highest BCUT2D eigenvalue weighted by Gasteiger charge is 2.18. The molecule has 0 N–H and O–H groups in total. The predicted molar refractivity (Wildman–Crippen MR) is 161 cm³/mol. The summed E-state index contributed by atoms with van der Waals surface area (Å²) in [5.41, 5.74) is 10.2. The monoisotopic (exact) mass is 484 g/mol. The van der Waals surface area contributed by atoms with Crippen molar-refractivity contribution in [1.82, 2.24) is 0 Å². The molecule has 0 aromatic heterocycles. The molecule has 2 aromatic rings. The average molecular weight is 485 g/mol. The first-order valence-corrected chi connectivity index (χ1v) is 13.4. The molecule has 0 saturated carbocycles. The standard InChI is InChI=1S/C34H44O.CH4/c1-7-11-12-13-20-28(17-8-2)25-30-21-16-23-33(31(30)10-4)34(35)27(6)24-29(18-9-3)32-22-15-14-19-26(32)5;/h9-10,14-16,19,21-24,28H,4,7-8,11-13,17,20,25H2,1-3,5-6H3;1H4/b27-24+;. The summed E-state index contributed by atoms with van der Waals surface area (Å²) in [4.78, 5) is 13.6. The Morgan fingerprint density at radius 2 is 1.69 bits per heavy atom. The van der Waals surface area contributed by atoms with E-state index in [4.69, 9.17) is 0 Å². The van der Waals surface area contributed by atoms with Gasteiger partial charge in [-0.2, -0.15) is 0 Å². The van der Waals surface area contributed by atoms with Gasteiger partial charge in [0.15, 0.2) is 5.78 Å². The Bertz CT molecular complexity index is 1080. The van der Waals surface area contributed by atoms with Crippen molar-refractivity contribution in [1.29, 1.82) is 0 Å². The van der Waals surface area contributed by atoms with Gasteiger partial charge in [0.2, 0.25) is 0 Å². The van der Waals surface area contributed by atoms with Gasteiger partial charge in [-0.05, 0) is 73.1 Å². The fourth-order valence-corrected chi connectivity index (χ4v) is 4.88. The lowest BCUT2D eigenvalue weighted by molar-refractivity contribution is 0.103. The van der Waals surface area contributed by atoms with Crippen LogP contribution in [0.1, 0.15) is 113 Å². The number of aryl methyl sites for hydroxylation is 1. The Kier molecular flexibility index (Phi) is 14.5. The molecule has 2 rings (SSSR count). The molecule has 0 saturated heterocycles. The predicted octanol–water partition coefficient (Wildman–Crippen LogP) is 10.6. The van der Waals surface area contributed by atoms with Gasteiger partial charge in [0.1, 0.15) is 0 Å². The molecular formula is C35H48O. The van der Waals surface area contributed by atoms with Crippen molar-refractivity contribution in [2.75, 3.05) is 0 Å². The van der Waals surface area contributed by atoms with Crippen LogP contribution < -0.4 is 0 Å². The van der Waals surface area contributed by atoms with E-state index in [0.29, 0.717) is 11.5 Å². The van der Waals surface area contributed by atoms with Crippen LogP contribution in [0.4, 0.5) is 0 Å². The van der Waals surface area contributed by atoms with E-state index in [0.717, 1.165) is 28.7 Å². The molecule has 0 fully saturated rings. The van der Waals surface area contributed by atoms with Crippen LogP contribution in [0.3, 0.4) is 0 Å². The Hall–Kier alpha value is -2.89. The number of hydrogen-bond acceptors (Lipinski definition) is 1. The van der Waals surface area contributed by atoms with E-state index >= 15 is 0 Å². The van der Waals surface area contributed by atoms with Crippen LogP contribution in [0.5, 0.6) is 0 Å². The van der Waals surface area contributed by atoms with Crippen molar-refractivity contribution in [2.24, 2.45) is 5.92 Å². The summed E-state index contributed by atoms with van der Waals surface area (Å²) in [5, 5.41) is 0. The first kappa shape index (κ1) is 31.1. The number of hydrogen-bond donors (Lipinski definition) is 0. The number of Topliss-reactive ketones (excluding diaryl/α,β-unsaturated/α-hetero) is 1. The second-order valence-electron chi connectivity index (χ2n) is 9.61. The van der Waals surface area contributed by atoms with Gasteiger partial charge in [-0.3, -0.25) is 4.79 Å². The van der Waals surface area contributed by atoms with Gasteiger partial charge in [-0.1, -0.05) is 121 Å². The SMILES string of the molecule is C.C=Cc1c(CC(CCC)CCCCCC)cccc1C(=O)/C(C)=C/C(=C=CC)c1ccccc1C. The minimum absolute atomic E-state index is 0. The zero-order valence-corrected chi connectivity index (χ0v) is 22.6. The largest absolute Gasteiger partial charge is 0.289 e. The zero-order valence-electron chi connectivity index (χ0n) is 22.6. The summed E-state index contributed by atoms with van der Waals surface area (Å²) in [7, 11) is 0. The highest BCUT2D eigenvalue weighted by Crippen LogP contribution is 2.28. The van der Waals surface area contributed by atoms with Gasteiger partial charge in [0, 0.05) is 11.1 Å². The van der Waals surface area contributed by atoms with E-state index in [1.807, 2.05) is 56.3 Å². The summed E-state index contributed by atoms with van der Waals surface area (Å²) < 4.78 is 0. The minimum Gasteiger partial charge on any atom is -0.289 e. The molecule has 0 aliphatic carbocycles. The molecular weight excluding hydrogens is 436 g/mol. The second-order valence-corrected chi connectivity index (χ2v) is 9.61. The van der Waals surface area contributed by atoms with Crippen molar-refractivity contribution in [3.05, 3.63) is 100 Å². The number of unbranched alkanes of at least 4 members (excludes halogenated alkanes) is 3. The van der Waals surface area contributed by atoms with Crippen LogP contribution in [0.2, 0.25) is 0 Å². The lowest BCUT2D eigenvalue weighted by Gasteiger charge is -2.19. The van der Waals surface area contributed by atoms with Gasteiger partial charge in [0.25, 0.3) is 0 Å². The smallest absolute Gasteiger partial charge is 0.189 e. The number of carbonyl (C=O) groups excluding carboxylic acids is 1. The Balaban J connectivity index is 0.00000648. The molecule has 1 nitrogen and oxygen atoms in total. The number of benzene rings is 2. The van der Waals surface area contributed by atoms with E-state index in [9.17, 15) is 4.79 Å². The van der Waals surface area contributed by atoms with Gasteiger partial charge in [-0.25, -0.2) is 0 Å². The molecule has 194 valence electrons. The fraction of sp³-hybridized carbons (Fsp3) is 0.429. The van der Waals surface area contributed by atoms with Gasteiger partial charge in [0.05, 0.1) is 0 Å². The maximum atomic E-state index is 13.6. The molecule has 1 unspecified atom stereocenters. The molecule has 0 amide bonds. The van der Waals surface area contributed by atoms with Crippen molar-refractivity contribution in [3.8, 4) is 0 Å². The molecule has 1 atom stereocenters. The average Bonchev–Trinajstić information content (AvgIpc) is 2.86. The molecule has 0 aliphatic heterocycles. The lowest BCUT2D eigenvalue weighted by atomic mass is 9.85. The third kappa shape index (κ3) is 8.96. The molecule has 0 spiro atoms. The molecule has 0 aliphatic rings. The summed E-state index contributed by atoms with van der Waals surface area (Å²) >= 11 is 0. The molecule has 0 radical (unpaired) electrons. The van der Waals surface area contributed by atoms with E-state index < -0.39 is 0 Å². The maximum Gasteiger partial charge on any atom is 0.189 e. The molecule has 0 heterocycles. The van der Waals surface area contributed by atoms with Crippen LogP contribution in [-0.2, 0) is 6.42 Å². The zero-order chi connectivity index (χ0) is 25.6. The van der Waals surface area contributed by atoms with Crippen LogP contribution >= 0.6 is 0 Å². The Labute approximate surface area is 221 Å². The fourth-order valence-electron chi connectivity index (χ4n) is 4.88. The summed E-state index contributed by atoms with van der Waals surface area (Å²) in [6.07, 6.45) is 15.6. The van der Waals surface area contributed by atoms with Crippen LogP contribution in [-0.4, -0.2) is 5.78 Å². The normalized spacial score (nSPS) is 11.8. The van der Waals surface area contributed by atoms with Crippen molar-refractivity contribution < 1.29 is 4.79 Å². The van der Waals surface area contributed by atoms with E-state index in [-0.39, 0.29) is 13.2 Å². The number of carbonyl (C=O) groups is 1. The van der Waals surface area contributed by atoms with Crippen molar-refractivity contribution in [3.63, 3.8) is 0 Å². The number of rotatable bonds is 14. The van der Waals surface area contributed by atoms with E-state index in [1.54, 1.807) is 0 Å².